The molecule has 0 spiro atoms. The van der Waals surface area contributed by atoms with Crippen molar-refractivity contribution in [3.63, 3.8) is 0 Å². The molecule has 116 valence electrons. The van der Waals surface area contributed by atoms with Crippen molar-refractivity contribution in [2.75, 3.05) is 5.32 Å². The molecular formula is C15H16N2O4S. The Labute approximate surface area is 132 Å². The number of nitro benzene ring substituents is 1. The number of carbonyl (C=O) groups excluding carboxylic acids is 1. The lowest BCUT2D eigenvalue weighted by Crippen LogP contribution is -2.23. The van der Waals surface area contributed by atoms with Gasteiger partial charge >= 0.3 is 0 Å². The van der Waals surface area contributed by atoms with E-state index in [1.807, 2.05) is 6.07 Å². The minimum Gasteiger partial charge on any atom is -0.468 e. The lowest BCUT2D eigenvalue weighted by Gasteiger charge is -2.13. The van der Waals surface area contributed by atoms with Crippen LogP contribution in [0.3, 0.4) is 0 Å². The fraction of sp³-hybridized carbons (Fsp3) is 0.267. The summed E-state index contributed by atoms with van der Waals surface area (Å²) in [6.07, 6.45) is 1.59. The number of hydrogen-bond acceptors (Lipinski definition) is 5. The van der Waals surface area contributed by atoms with Crippen molar-refractivity contribution in [3.05, 3.63) is 58.0 Å². The maximum Gasteiger partial charge on any atom is 0.271 e. The van der Waals surface area contributed by atoms with Gasteiger partial charge in [-0.15, -0.1) is 11.8 Å². The summed E-state index contributed by atoms with van der Waals surface area (Å²) >= 11 is 1.44. The lowest BCUT2D eigenvalue weighted by molar-refractivity contribution is -0.384. The molecule has 0 radical (unpaired) electrons. The molecule has 1 aromatic heterocycles. The number of benzene rings is 1. The number of amides is 1. The number of nitrogens with zero attached hydrogens (tertiary/aromatic N) is 1. The summed E-state index contributed by atoms with van der Waals surface area (Å²) < 4.78 is 5.22. The molecular weight excluding hydrogens is 304 g/mol. The van der Waals surface area contributed by atoms with Gasteiger partial charge in [-0.25, -0.2) is 0 Å². The average Bonchev–Trinajstić information content (AvgIpc) is 3.00. The van der Waals surface area contributed by atoms with Crippen LogP contribution in [0.2, 0.25) is 0 Å². The number of thioether (sulfide) groups is 1. The molecule has 1 heterocycles. The second-order valence-electron chi connectivity index (χ2n) is 4.78. The van der Waals surface area contributed by atoms with Gasteiger partial charge in [0.1, 0.15) is 5.76 Å². The van der Waals surface area contributed by atoms with E-state index in [4.69, 9.17) is 4.42 Å². The predicted octanol–water partition coefficient (Wildman–Crippen LogP) is 3.76. The van der Waals surface area contributed by atoms with E-state index in [0.717, 1.165) is 11.3 Å². The van der Waals surface area contributed by atoms with E-state index in [-0.39, 0.29) is 16.8 Å². The molecule has 0 saturated carbocycles. The molecule has 1 N–H and O–H groups in total. The van der Waals surface area contributed by atoms with Crippen molar-refractivity contribution in [2.45, 2.75) is 24.9 Å². The maximum absolute atomic E-state index is 12.2. The van der Waals surface area contributed by atoms with Gasteiger partial charge in [-0.3, -0.25) is 14.9 Å². The number of aryl methyl sites for hydroxylation is 1. The van der Waals surface area contributed by atoms with Crippen molar-refractivity contribution >= 4 is 29.0 Å². The zero-order chi connectivity index (χ0) is 16.1. The second-order valence-corrected chi connectivity index (χ2v) is 6.11. The highest BCUT2D eigenvalue weighted by molar-refractivity contribution is 7.99. The Bertz CT molecular complexity index is 670. The first-order chi connectivity index (χ1) is 10.5. The highest BCUT2D eigenvalue weighted by Crippen LogP contribution is 2.24. The topological polar surface area (TPSA) is 85.4 Å². The Morgan fingerprint density at radius 2 is 2.23 bits per heavy atom. The van der Waals surface area contributed by atoms with Crippen LogP contribution in [0.5, 0.6) is 0 Å². The number of nitrogens with one attached hydrogen (secondary N) is 1. The first-order valence-electron chi connectivity index (χ1n) is 6.67. The van der Waals surface area contributed by atoms with Gasteiger partial charge in [0, 0.05) is 12.1 Å². The summed E-state index contributed by atoms with van der Waals surface area (Å²) in [6.45, 7) is 3.58. The number of furan rings is 1. The third-order valence-corrected chi connectivity index (χ3v) is 4.28. The third-order valence-electron chi connectivity index (χ3n) is 3.11. The van der Waals surface area contributed by atoms with E-state index >= 15 is 0 Å². The van der Waals surface area contributed by atoms with Gasteiger partial charge in [-0.1, -0.05) is 6.07 Å². The van der Waals surface area contributed by atoms with Crippen LogP contribution in [-0.4, -0.2) is 16.1 Å². The van der Waals surface area contributed by atoms with E-state index in [0.29, 0.717) is 11.4 Å². The molecule has 1 unspecified atom stereocenters. The number of non-ortho nitro benzene ring substituents is 1. The lowest BCUT2D eigenvalue weighted by atomic mass is 10.2. The maximum atomic E-state index is 12.2. The van der Waals surface area contributed by atoms with Gasteiger partial charge in [0.15, 0.2) is 0 Å². The molecule has 0 bridgehead atoms. The minimum absolute atomic E-state index is 0.0446. The average molecular weight is 320 g/mol. The van der Waals surface area contributed by atoms with Crippen molar-refractivity contribution in [1.82, 2.24) is 0 Å². The highest BCUT2D eigenvalue weighted by Gasteiger charge is 2.17. The zero-order valence-electron chi connectivity index (χ0n) is 12.2. The normalized spacial score (nSPS) is 11.9. The first-order valence-corrected chi connectivity index (χ1v) is 7.72. The molecule has 7 heteroatoms. The molecule has 6 nitrogen and oxygen atoms in total. The fourth-order valence-corrected chi connectivity index (χ4v) is 2.56. The highest BCUT2D eigenvalue weighted by atomic mass is 32.2. The molecule has 0 saturated heterocycles. The quantitative estimate of drug-likeness (QED) is 0.647. The van der Waals surface area contributed by atoms with Gasteiger partial charge in [0.05, 0.1) is 27.9 Å². The predicted molar refractivity (Wildman–Crippen MR) is 85.9 cm³/mol. The van der Waals surface area contributed by atoms with Crippen LogP contribution in [0.1, 0.15) is 18.2 Å². The number of nitro groups is 1. The Hall–Kier alpha value is -2.28. The summed E-state index contributed by atoms with van der Waals surface area (Å²) in [6, 6.07) is 8.06. The van der Waals surface area contributed by atoms with Crippen molar-refractivity contribution < 1.29 is 14.1 Å². The Morgan fingerprint density at radius 3 is 2.86 bits per heavy atom. The van der Waals surface area contributed by atoms with Crippen LogP contribution in [0.25, 0.3) is 0 Å². The van der Waals surface area contributed by atoms with E-state index < -0.39 is 4.92 Å². The fourth-order valence-electron chi connectivity index (χ4n) is 1.77. The van der Waals surface area contributed by atoms with Gasteiger partial charge in [-0.2, -0.15) is 0 Å². The summed E-state index contributed by atoms with van der Waals surface area (Å²) in [5.41, 5.74) is 1.20. The Morgan fingerprint density at radius 1 is 1.45 bits per heavy atom. The Balaban J connectivity index is 1.98. The van der Waals surface area contributed by atoms with E-state index in [1.165, 1.54) is 23.9 Å². The SMILES string of the molecule is Cc1ccc([N+](=O)[O-])cc1NC(=O)C(C)SCc1ccco1. The molecule has 22 heavy (non-hydrogen) atoms. The van der Waals surface area contributed by atoms with Gasteiger partial charge in [-0.05, 0) is 31.5 Å². The monoisotopic (exact) mass is 320 g/mol. The molecule has 2 rings (SSSR count). The standard InChI is InChI=1S/C15H16N2O4S/c1-10-5-6-12(17(19)20)8-14(10)16-15(18)11(2)22-9-13-4-3-7-21-13/h3-8,11H,9H2,1-2H3,(H,16,18). The van der Waals surface area contributed by atoms with Crippen LogP contribution in [0, 0.1) is 17.0 Å². The Kier molecular flexibility index (Phi) is 5.21. The summed E-state index contributed by atoms with van der Waals surface area (Å²) in [4.78, 5) is 22.5. The summed E-state index contributed by atoms with van der Waals surface area (Å²) in [7, 11) is 0. The largest absolute Gasteiger partial charge is 0.468 e. The molecule has 0 aliphatic heterocycles. The van der Waals surface area contributed by atoms with Crippen LogP contribution in [-0.2, 0) is 10.5 Å². The van der Waals surface area contributed by atoms with Crippen LogP contribution in [0.4, 0.5) is 11.4 Å². The van der Waals surface area contributed by atoms with E-state index in [9.17, 15) is 14.9 Å². The van der Waals surface area contributed by atoms with Crippen molar-refractivity contribution in [2.24, 2.45) is 0 Å². The first kappa shape index (κ1) is 16.1. The molecule has 1 atom stereocenters. The number of rotatable bonds is 6. The van der Waals surface area contributed by atoms with Gasteiger partial charge < -0.3 is 9.73 Å². The molecule has 0 aliphatic rings. The van der Waals surface area contributed by atoms with Crippen molar-refractivity contribution in [1.29, 1.82) is 0 Å². The van der Waals surface area contributed by atoms with Gasteiger partial charge in [0.2, 0.25) is 5.91 Å². The molecule has 1 amide bonds. The third kappa shape index (κ3) is 4.11. The van der Waals surface area contributed by atoms with Crippen molar-refractivity contribution in [3.8, 4) is 0 Å². The number of carbonyl (C=O) groups is 1. The molecule has 0 aliphatic carbocycles. The summed E-state index contributed by atoms with van der Waals surface area (Å²) in [5.74, 6) is 1.20. The van der Waals surface area contributed by atoms with Crippen LogP contribution in [0.15, 0.2) is 41.0 Å². The van der Waals surface area contributed by atoms with E-state index in [1.54, 1.807) is 32.2 Å². The van der Waals surface area contributed by atoms with Crippen LogP contribution >= 0.6 is 11.8 Å². The smallest absolute Gasteiger partial charge is 0.271 e. The molecule has 2 aromatic rings. The van der Waals surface area contributed by atoms with E-state index in [2.05, 4.69) is 5.32 Å². The van der Waals surface area contributed by atoms with Gasteiger partial charge in [0.25, 0.3) is 5.69 Å². The van der Waals surface area contributed by atoms with Crippen LogP contribution < -0.4 is 5.32 Å². The minimum atomic E-state index is -0.482. The number of anilines is 1. The second kappa shape index (κ2) is 7.13. The molecule has 1 aromatic carbocycles. The summed E-state index contributed by atoms with van der Waals surface area (Å²) in [5, 5.41) is 13.2. The number of hydrogen-bond donors (Lipinski definition) is 1. The zero-order valence-corrected chi connectivity index (χ0v) is 13.1. The molecule has 0 fully saturated rings.